The fourth-order valence-electron chi connectivity index (χ4n) is 2.67. The second-order valence-corrected chi connectivity index (χ2v) is 7.66. The number of rotatable bonds is 6. The molecule has 0 fully saturated rings. The van der Waals surface area contributed by atoms with Crippen molar-refractivity contribution in [2.45, 2.75) is 17.5 Å². The Morgan fingerprint density at radius 3 is 2.54 bits per heavy atom. The van der Waals surface area contributed by atoms with Crippen LogP contribution < -0.4 is 0 Å². The SMILES string of the molecule is Fc1cccc(CSc2nnc(-c3cccs3)n2Cc2ccccc2)c1. The molecule has 3 nitrogen and oxygen atoms in total. The molecule has 0 unspecified atom stereocenters. The van der Waals surface area contributed by atoms with Gasteiger partial charge in [-0.2, -0.15) is 0 Å². The third-order valence-electron chi connectivity index (χ3n) is 3.90. The van der Waals surface area contributed by atoms with E-state index in [1.54, 1.807) is 35.2 Å². The van der Waals surface area contributed by atoms with Crippen LogP contribution in [0.4, 0.5) is 4.39 Å². The van der Waals surface area contributed by atoms with E-state index in [9.17, 15) is 4.39 Å². The lowest BCUT2D eigenvalue weighted by Crippen LogP contribution is -2.03. The molecule has 2 aromatic heterocycles. The maximum atomic E-state index is 13.4. The lowest BCUT2D eigenvalue weighted by molar-refractivity contribution is 0.626. The summed E-state index contributed by atoms with van der Waals surface area (Å²) in [6.07, 6.45) is 0. The average molecular weight is 382 g/mol. The van der Waals surface area contributed by atoms with Gasteiger partial charge in [0.2, 0.25) is 0 Å². The molecule has 130 valence electrons. The van der Waals surface area contributed by atoms with Crippen molar-refractivity contribution in [2.24, 2.45) is 0 Å². The van der Waals surface area contributed by atoms with Gasteiger partial charge in [0, 0.05) is 5.75 Å². The minimum atomic E-state index is -0.215. The number of halogens is 1. The topological polar surface area (TPSA) is 30.7 Å². The van der Waals surface area contributed by atoms with Crippen LogP contribution in [0.25, 0.3) is 10.7 Å². The number of thioether (sulfide) groups is 1. The highest BCUT2D eigenvalue weighted by Crippen LogP contribution is 2.29. The quantitative estimate of drug-likeness (QED) is 0.414. The normalized spacial score (nSPS) is 11.0. The minimum absolute atomic E-state index is 0.215. The zero-order valence-corrected chi connectivity index (χ0v) is 15.5. The Hall–Kier alpha value is -2.44. The van der Waals surface area contributed by atoms with E-state index < -0.39 is 0 Å². The number of benzene rings is 2. The van der Waals surface area contributed by atoms with Crippen molar-refractivity contribution >= 4 is 23.1 Å². The summed E-state index contributed by atoms with van der Waals surface area (Å²) in [5, 5.41) is 11.7. The molecule has 0 bridgehead atoms. The van der Waals surface area contributed by atoms with Crippen molar-refractivity contribution in [2.75, 3.05) is 0 Å². The maximum Gasteiger partial charge on any atom is 0.192 e. The molecule has 0 N–H and O–H groups in total. The summed E-state index contributed by atoms with van der Waals surface area (Å²) in [4.78, 5) is 1.09. The predicted octanol–water partition coefficient (Wildman–Crippen LogP) is 5.49. The molecule has 0 atom stereocenters. The zero-order valence-electron chi connectivity index (χ0n) is 13.9. The first-order valence-corrected chi connectivity index (χ1v) is 10.0. The van der Waals surface area contributed by atoms with Gasteiger partial charge in [-0.15, -0.1) is 21.5 Å². The smallest absolute Gasteiger partial charge is 0.192 e. The average Bonchev–Trinajstić information content (AvgIpc) is 3.31. The monoisotopic (exact) mass is 381 g/mol. The third kappa shape index (κ3) is 3.86. The maximum absolute atomic E-state index is 13.4. The van der Waals surface area contributed by atoms with Gasteiger partial charge < -0.3 is 0 Å². The highest BCUT2D eigenvalue weighted by Gasteiger charge is 2.15. The zero-order chi connectivity index (χ0) is 17.8. The van der Waals surface area contributed by atoms with Gasteiger partial charge in [0.05, 0.1) is 11.4 Å². The van der Waals surface area contributed by atoms with Crippen LogP contribution >= 0.6 is 23.1 Å². The molecular weight excluding hydrogens is 365 g/mol. The lowest BCUT2D eigenvalue weighted by atomic mass is 10.2. The molecule has 2 heterocycles. The molecular formula is C20H16FN3S2. The second kappa shape index (κ2) is 7.85. The molecule has 0 aliphatic rings. The van der Waals surface area contributed by atoms with Crippen LogP contribution in [0.15, 0.2) is 77.3 Å². The van der Waals surface area contributed by atoms with Crippen molar-refractivity contribution in [1.29, 1.82) is 0 Å². The molecule has 4 rings (SSSR count). The minimum Gasteiger partial charge on any atom is -0.297 e. The molecule has 26 heavy (non-hydrogen) atoms. The Bertz CT molecular complexity index is 981. The van der Waals surface area contributed by atoms with Crippen LogP contribution in [-0.4, -0.2) is 14.8 Å². The summed E-state index contributed by atoms with van der Waals surface area (Å²) >= 11 is 3.22. The van der Waals surface area contributed by atoms with Gasteiger partial charge in [-0.25, -0.2) is 4.39 Å². The second-order valence-electron chi connectivity index (χ2n) is 5.77. The highest BCUT2D eigenvalue weighted by molar-refractivity contribution is 7.98. The number of hydrogen-bond acceptors (Lipinski definition) is 4. The Morgan fingerprint density at radius 2 is 1.77 bits per heavy atom. The van der Waals surface area contributed by atoms with Gasteiger partial charge in [-0.05, 0) is 34.7 Å². The Morgan fingerprint density at radius 1 is 0.923 bits per heavy atom. The van der Waals surface area contributed by atoms with E-state index in [1.807, 2.05) is 35.7 Å². The van der Waals surface area contributed by atoms with Gasteiger partial charge in [-0.3, -0.25) is 4.57 Å². The number of nitrogens with zero attached hydrogens (tertiary/aromatic N) is 3. The van der Waals surface area contributed by atoms with E-state index in [1.165, 1.54) is 11.6 Å². The summed E-state index contributed by atoms with van der Waals surface area (Å²) in [6.45, 7) is 0.701. The number of hydrogen-bond donors (Lipinski definition) is 0. The number of aromatic nitrogens is 3. The largest absolute Gasteiger partial charge is 0.297 e. The Labute approximate surface area is 159 Å². The molecule has 6 heteroatoms. The van der Waals surface area contributed by atoms with E-state index in [0.717, 1.165) is 21.4 Å². The fourth-order valence-corrected chi connectivity index (χ4v) is 4.26. The summed E-state index contributed by atoms with van der Waals surface area (Å²) < 4.78 is 15.5. The van der Waals surface area contributed by atoms with E-state index in [4.69, 9.17) is 0 Å². The summed E-state index contributed by atoms with van der Waals surface area (Å²) in [5.74, 6) is 1.30. The van der Waals surface area contributed by atoms with Crippen LogP contribution in [0.2, 0.25) is 0 Å². The van der Waals surface area contributed by atoms with Crippen LogP contribution in [0.5, 0.6) is 0 Å². The third-order valence-corrected chi connectivity index (χ3v) is 5.80. The Balaban J connectivity index is 1.63. The van der Waals surface area contributed by atoms with Crippen LogP contribution in [0, 0.1) is 5.82 Å². The molecule has 0 aliphatic heterocycles. The van der Waals surface area contributed by atoms with Crippen molar-refractivity contribution in [3.05, 3.63) is 89.1 Å². The Kier molecular flexibility index (Phi) is 5.13. The highest BCUT2D eigenvalue weighted by atomic mass is 32.2. The van der Waals surface area contributed by atoms with Crippen molar-refractivity contribution in [3.8, 4) is 10.7 Å². The molecule has 4 aromatic rings. The first-order chi connectivity index (χ1) is 12.8. The van der Waals surface area contributed by atoms with Crippen LogP contribution in [0.1, 0.15) is 11.1 Å². The summed E-state index contributed by atoms with van der Waals surface area (Å²) in [7, 11) is 0. The molecule has 0 saturated carbocycles. The molecule has 0 saturated heterocycles. The van der Waals surface area contributed by atoms with E-state index in [2.05, 4.69) is 33.0 Å². The van der Waals surface area contributed by atoms with Crippen LogP contribution in [0.3, 0.4) is 0 Å². The van der Waals surface area contributed by atoms with Gasteiger partial charge in [0.1, 0.15) is 5.82 Å². The molecule has 0 radical (unpaired) electrons. The fraction of sp³-hybridized carbons (Fsp3) is 0.100. The standard InChI is InChI=1S/C20H16FN3S2/c21-17-9-4-8-16(12-17)14-26-20-23-22-19(18-10-5-11-25-18)24(20)13-15-6-2-1-3-7-15/h1-12H,13-14H2. The lowest BCUT2D eigenvalue weighted by Gasteiger charge is -2.10. The molecule has 0 spiro atoms. The predicted molar refractivity (Wildman–Crippen MR) is 105 cm³/mol. The summed E-state index contributed by atoms with van der Waals surface area (Å²) in [6, 6.07) is 21.0. The van der Waals surface area contributed by atoms with Crippen molar-refractivity contribution < 1.29 is 4.39 Å². The van der Waals surface area contributed by atoms with E-state index in [-0.39, 0.29) is 5.82 Å². The van der Waals surface area contributed by atoms with E-state index >= 15 is 0 Å². The molecule has 0 amide bonds. The first-order valence-electron chi connectivity index (χ1n) is 8.18. The molecule has 2 aromatic carbocycles. The molecule has 0 aliphatic carbocycles. The van der Waals surface area contributed by atoms with Gasteiger partial charge in [-0.1, -0.05) is 60.3 Å². The van der Waals surface area contributed by atoms with Gasteiger partial charge >= 0.3 is 0 Å². The van der Waals surface area contributed by atoms with Gasteiger partial charge in [0.25, 0.3) is 0 Å². The van der Waals surface area contributed by atoms with Gasteiger partial charge in [0.15, 0.2) is 11.0 Å². The van der Waals surface area contributed by atoms with Crippen LogP contribution in [-0.2, 0) is 12.3 Å². The number of thiophene rings is 1. The summed E-state index contributed by atoms with van der Waals surface area (Å²) in [5.41, 5.74) is 2.12. The first kappa shape index (κ1) is 17.0. The van der Waals surface area contributed by atoms with Crippen molar-refractivity contribution in [3.63, 3.8) is 0 Å². The van der Waals surface area contributed by atoms with Crippen molar-refractivity contribution in [1.82, 2.24) is 14.8 Å². The van der Waals surface area contributed by atoms with E-state index in [0.29, 0.717) is 12.3 Å².